The summed E-state index contributed by atoms with van der Waals surface area (Å²) in [5.41, 5.74) is 2.56. The number of nitrogens with zero attached hydrogens (tertiary/aromatic N) is 2. The standard InChI is InChI=1S/C25H36FIN2O2S/c1-5-21(26)17-24-19(4)22(16-20(15-18(3)27)23(6-2)32-24)29-11-9-28(10-12-29)8-7-25-30-13-14-31-25/h6,15,17,22,25H,3,5,7-14,16H2,1-2,4H3/b20-15-,21-17+,23-6+. The molecule has 0 N–H and O–H groups in total. The van der Waals surface area contributed by atoms with Crippen molar-refractivity contribution in [1.29, 1.82) is 0 Å². The summed E-state index contributed by atoms with van der Waals surface area (Å²) in [6.45, 7) is 16.7. The molecule has 0 aromatic carbocycles. The Morgan fingerprint density at radius 2 is 1.94 bits per heavy atom. The number of piperazine rings is 1. The Morgan fingerprint density at radius 3 is 2.53 bits per heavy atom. The summed E-state index contributed by atoms with van der Waals surface area (Å²) in [6.07, 6.45) is 8.32. The summed E-state index contributed by atoms with van der Waals surface area (Å²) < 4.78 is 26.5. The molecular weight excluding hydrogens is 538 g/mol. The van der Waals surface area contributed by atoms with Crippen LogP contribution in [0.4, 0.5) is 4.39 Å². The number of ether oxygens (including phenoxy) is 2. The van der Waals surface area contributed by atoms with Crippen LogP contribution in [0, 0.1) is 0 Å². The molecule has 0 bridgehead atoms. The van der Waals surface area contributed by atoms with E-state index in [0.717, 1.165) is 54.1 Å². The SMILES string of the molecule is C=C(I)/C=C1/CC(N2CCN(CCC3OCCO3)CC2)C(C)=C(/C=C(/F)CC)S/C1=C/C. The predicted molar refractivity (Wildman–Crippen MR) is 141 cm³/mol. The van der Waals surface area contributed by atoms with Gasteiger partial charge in [0.05, 0.1) is 13.2 Å². The van der Waals surface area contributed by atoms with Gasteiger partial charge in [-0.3, -0.25) is 4.90 Å². The quantitative estimate of drug-likeness (QED) is 0.338. The van der Waals surface area contributed by atoms with Gasteiger partial charge in [0, 0.05) is 58.6 Å². The van der Waals surface area contributed by atoms with Gasteiger partial charge in [0.2, 0.25) is 0 Å². The molecule has 3 aliphatic rings. The number of rotatable bonds is 7. The highest BCUT2D eigenvalue weighted by atomic mass is 127. The minimum atomic E-state index is -0.0621. The fourth-order valence-electron chi connectivity index (χ4n) is 4.41. The maximum absolute atomic E-state index is 14.3. The monoisotopic (exact) mass is 574 g/mol. The van der Waals surface area contributed by atoms with Gasteiger partial charge in [-0.25, -0.2) is 4.39 Å². The van der Waals surface area contributed by atoms with Crippen molar-refractivity contribution in [3.05, 3.63) is 55.2 Å². The van der Waals surface area contributed by atoms with Gasteiger partial charge in [0.15, 0.2) is 6.29 Å². The maximum atomic E-state index is 14.3. The first-order chi connectivity index (χ1) is 15.4. The van der Waals surface area contributed by atoms with E-state index in [1.165, 1.54) is 16.1 Å². The molecular formula is C25H36FIN2O2S. The van der Waals surface area contributed by atoms with E-state index in [9.17, 15) is 4.39 Å². The van der Waals surface area contributed by atoms with E-state index in [4.69, 9.17) is 9.47 Å². The van der Waals surface area contributed by atoms with Gasteiger partial charge in [-0.1, -0.05) is 31.3 Å². The van der Waals surface area contributed by atoms with Gasteiger partial charge >= 0.3 is 0 Å². The number of allylic oxidation sites excluding steroid dienone is 6. The highest BCUT2D eigenvalue weighted by molar-refractivity contribution is 14.1. The maximum Gasteiger partial charge on any atom is 0.159 e. The van der Waals surface area contributed by atoms with Crippen LogP contribution in [0.25, 0.3) is 0 Å². The highest BCUT2D eigenvalue weighted by Crippen LogP contribution is 2.43. The average molecular weight is 575 g/mol. The van der Waals surface area contributed by atoms with Gasteiger partial charge in [-0.05, 0) is 72.6 Å². The second kappa shape index (κ2) is 12.9. The van der Waals surface area contributed by atoms with E-state index < -0.39 is 0 Å². The molecule has 32 heavy (non-hydrogen) atoms. The lowest BCUT2D eigenvalue weighted by atomic mass is 9.96. The molecule has 3 aliphatic heterocycles. The van der Waals surface area contributed by atoms with Crippen LogP contribution in [0.1, 0.15) is 40.0 Å². The second-order valence-corrected chi connectivity index (χ2v) is 10.9. The molecule has 2 fully saturated rings. The van der Waals surface area contributed by atoms with Crippen molar-refractivity contribution in [2.24, 2.45) is 0 Å². The molecule has 0 aliphatic carbocycles. The van der Waals surface area contributed by atoms with E-state index >= 15 is 0 Å². The van der Waals surface area contributed by atoms with Crippen LogP contribution in [-0.4, -0.2) is 68.1 Å². The first kappa shape index (κ1) is 26.2. The third-order valence-corrected chi connectivity index (χ3v) is 7.97. The van der Waals surface area contributed by atoms with E-state index in [0.29, 0.717) is 19.6 Å². The third-order valence-electron chi connectivity index (χ3n) is 6.28. The molecule has 7 heteroatoms. The first-order valence-electron chi connectivity index (χ1n) is 11.6. The molecule has 3 heterocycles. The zero-order valence-corrected chi connectivity index (χ0v) is 22.5. The molecule has 4 nitrogen and oxygen atoms in total. The summed E-state index contributed by atoms with van der Waals surface area (Å²) >= 11 is 3.97. The normalized spacial score (nSPS) is 27.5. The predicted octanol–water partition coefficient (Wildman–Crippen LogP) is 6.19. The number of hydrogen-bond acceptors (Lipinski definition) is 5. The molecule has 0 saturated carbocycles. The Morgan fingerprint density at radius 1 is 1.25 bits per heavy atom. The lowest BCUT2D eigenvalue weighted by molar-refractivity contribution is -0.0536. The minimum Gasteiger partial charge on any atom is -0.350 e. The molecule has 0 aromatic heterocycles. The Kier molecular flexibility index (Phi) is 10.5. The van der Waals surface area contributed by atoms with Crippen LogP contribution in [0.5, 0.6) is 0 Å². The van der Waals surface area contributed by atoms with E-state index in [1.807, 2.05) is 6.92 Å². The zero-order valence-electron chi connectivity index (χ0n) is 19.5. The van der Waals surface area contributed by atoms with Crippen LogP contribution in [0.2, 0.25) is 0 Å². The van der Waals surface area contributed by atoms with Crippen LogP contribution < -0.4 is 0 Å². The van der Waals surface area contributed by atoms with E-state index in [2.05, 4.69) is 65.0 Å². The molecule has 3 rings (SSSR count). The van der Waals surface area contributed by atoms with E-state index in [-0.39, 0.29) is 18.2 Å². The van der Waals surface area contributed by atoms with E-state index in [1.54, 1.807) is 17.8 Å². The van der Waals surface area contributed by atoms with Crippen LogP contribution in [0.3, 0.4) is 0 Å². The van der Waals surface area contributed by atoms with Gasteiger partial charge in [0.1, 0.15) is 5.83 Å². The highest BCUT2D eigenvalue weighted by Gasteiger charge is 2.31. The molecule has 0 spiro atoms. The Bertz CT molecular complexity index is 794. The second-order valence-electron chi connectivity index (χ2n) is 8.42. The van der Waals surface area contributed by atoms with Gasteiger partial charge in [-0.15, -0.1) is 0 Å². The van der Waals surface area contributed by atoms with Crippen molar-refractivity contribution < 1.29 is 13.9 Å². The Balaban J connectivity index is 1.75. The molecule has 0 radical (unpaired) electrons. The van der Waals surface area contributed by atoms with Crippen molar-refractivity contribution >= 4 is 34.4 Å². The molecule has 2 saturated heterocycles. The van der Waals surface area contributed by atoms with Crippen molar-refractivity contribution in [1.82, 2.24) is 9.80 Å². The summed E-state index contributed by atoms with van der Waals surface area (Å²) in [5, 5.41) is 0. The molecule has 1 unspecified atom stereocenters. The largest absolute Gasteiger partial charge is 0.350 e. The summed E-state index contributed by atoms with van der Waals surface area (Å²) in [4.78, 5) is 7.33. The third kappa shape index (κ3) is 7.27. The topological polar surface area (TPSA) is 24.9 Å². The number of halogens is 2. The fraction of sp³-hybridized carbons (Fsp3) is 0.600. The van der Waals surface area contributed by atoms with Crippen molar-refractivity contribution in [3.63, 3.8) is 0 Å². The zero-order chi connectivity index (χ0) is 23.1. The van der Waals surface area contributed by atoms with Crippen molar-refractivity contribution in [3.8, 4) is 0 Å². The lowest BCUT2D eigenvalue weighted by Gasteiger charge is -2.40. The summed E-state index contributed by atoms with van der Waals surface area (Å²) in [7, 11) is 0. The Labute approximate surface area is 210 Å². The van der Waals surface area contributed by atoms with Gasteiger partial charge < -0.3 is 14.4 Å². The van der Waals surface area contributed by atoms with Crippen molar-refractivity contribution in [2.45, 2.75) is 52.4 Å². The summed E-state index contributed by atoms with van der Waals surface area (Å²) in [5.74, 6) is -0.0621. The first-order valence-corrected chi connectivity index (χ1v) is 13.5. The average Bonchev–Trinajstić information content (AvgIpc) is 3.27. The minimum absolute atomic E-state index is 0.0341. The molecule has 1 atom stereocenters. The van der Waals surface area contributed by atoms with Crippen molar-refractivity contribution in [2.75, 3.05) is 45.9 Å². The van der Waals surface area contributed by atoms with Crippen LogP contribution in [-0.2, 0) is 9.47 Å². The Hall–Kier alpha value is -0.450. The van der Waals surface area contributed by atoms with Gasteiger partial charge in [-0.2, -0.15) is 0 Å². The fourth-order valence-corrected chi connectivity index (χ4v) is 5.89. The molecule has 0 amide bonds. The number of thioether (sulfide) groups is 1. The van der Waals surface area contributed by atoms with Crippen LogP contribution >= 0.6 is 34.4 Å². The molecule has 178 valence electrons. The van der Waals surface area contributed by atoms with Crippen LogP contribution in [0.15, 0.2) is 55.2 Å². The molecule has 0 aromatic rings. The van der Waals surface area contributed by atoms with Gasteiger partial charge in [0.25, 0.3) is 0 Å². The smallest absolute Gasteiger partial charge is 0.159 e. The summed E-state index contributed by atoms with van der Waals surface area (Å²) in [6, 6.07) is 0.265. The lowest BCUT2D eigenvalue weighted by Crippen LogP contribution is -2.51. The number of hydrogen-bond donors (Lipinski definition) is 0.